The summed E-state index contributed by atoms with van der Waals surface area (Å²) in [7, 11) is 0. The normalized spacial score (nSPS) is 13.5. The van der Waals surface area contributed by atoms with Gasteiger partial charge in [-0.05, 0) is 25.1 Å². The maximum atomic E-state index is 5.49. The van der Waals surface area contributed by atoms with Gasteiger partial charge in [0.2, 0.25) is 5.82 Å². The van der Waals surface area contributed by atoms with Crippen LogP contribution in [0.3, 0.4) is 0 Å². The molecular formula is C11H10N4O2. The largest absolute Gasteiger partial charge is 0.486 e. The van der Waals surface area contributed by atoms with E-state index in [1.165, 1.54) is 0 Å². The highest BCUT2D eigenvalue weighted by atomic mass is 16.6. The molecular weight excluding hydrogens is 220 g/mol. The lowest BCUT2D eigenvalue weighted by atomic mass is 10.2. The molecule has 1 aliphatic rings. The van der Waals surface area contributed by atoms with Gasteiger partial charge in [-0.3, -0.25) is 0 Å². The van der Waals surface area contributed by atoms with Gasteiger partial charge in [-0.2, -0.15) is 0 Å². The Morgan fingerprint density at radius 1 is 0.941 bits per heavy atom. The Kier molecular flexibility index (Phi) is 2.32. The molecule has 0 radical (unpaired) electrons. The zero-order chi connectivity index (χ0) is 11.7. The smallest absolute Gasteiger partial charge is 0.203 e. The van der Waals surface area contributed by atoms with E-state index in [-0.39, 0.29) is 0 Å². The minimum absolute atomic E-state index is 0.479. The van der Waals surface area contributed by atoms with Crippen molar-refractivity contribution in [2.75, 3.05) is 13.2 Å². The molecule has 1 aromatic carbocycles. The molecule has 3 rings (SSSR count). The lowest BCUT2D eigenvalue weighted by molar-refractivity contribution is 0.171. The quantitative estimate of drug-likeness (QED) is 0.728. The van der Waals surface area contributed by atoms with Crippen molar-refractivity contribution in [2.45, 2.75) is 6.92 Å². The maximum absolute atomic E-state index is 5.49. The van der Waals surface area contributed by atoms with Crippen molar-refractivity contribution in [3.8, 4) is 22.9 Å². The van der Waals surface area contributed by atoms with E-state index in [1.54, 1.807) is 6.92 Å². The van der Waals surface area contributed by atoms with Crippen molar-refractivity contribution in [1.29, 1.82) is 0 Å². The van der Waals surface area contributed by atoms with Gasteiger partial charge in [-0.15, -0.1) is 20.4 Å². The van der Waals surface area contributed by atoms with E-state index in [1.807, 2.05) is 18.2 Å². The van der Waals surface area contributed by atoms with Crippen molar-refractivity contribution >= 4 is 0 Å². The van der Waals surface area contributed by atoms with E-state index in [9.17, 15) is 0 Å². The number of rotatable bonds is 1. The molecule has 0 N–H and O–H groups in total. The predicted molar refractivity (Wildman–Crippen MR) is 58.8 cm³/mol. The van der Waals surface area contributed by atoms with Gasteiger partial charge in [0, 0.05) is 5.56 Å². The molecule has 17 heavy (non-hydrogen) atoms. The second-order valence-electron chi connectivity index (χ2n) is 3.63. The predicted octanol–water partition coefficient (Wildman–Crippen LogP) is 1.01. The molecule has 0 saturated heterocycles. The van der Waals surface area contributed by atoms with E-state index in [4.69, 9.17) is 9.47 Å². The zero-order valence-corrected chi connectivity index (χ0v) is 9.25. The molecule has 86 valence electrons. The number of hydrogen-bond acceptors (Lipinski definition) is 6. The minimum Gasteiger partial charge on any atom is -0.486 e. The molecule has 0 aliphatic carbocycles. The van der Waals surface area contributed by atoms with Crippen LogP contribution < -0.4 is 9.47 Å². The SMILES string of the molecule is Cc1nnc(-c2ccc3c(c2)OCCO3)nn1. The monoisotopic (exact) mass is 230 g/mol. The number of aryl methyl sites for hydroxylation is 1. The molecule has 0 fully saturated rings. The second kappa shape index (κ2) is 3.97. The fourth-order valence-corrected chi connectivity index (χ4v) is 1.58. The molecule has 0 atom stereocenters. The Labute approximate surface area is 97.6 Å². The highest BCUT2D eigenvalue weighted by Crippen LogP contribution is 2.33. The van der Waals surface area contributed by atoms with Crippen molar-refractivity contribution in [3.05, 3.63) is 24.0 Å². The third kappa shape index (κ3) is 1.89. The first-order chi connectivity index (χ1) is 8.33. The van der Waals surface area contributed by atoms with Gasteiger partial charge in [0.1, 0.15) is 13.2 Å². The Morgan fingerprint density at radius 3 is 2.41 bits per heavy atom. The Bertz CT molecular complexity index is 542. The molecule has 0 unspecified atom stereocenters. The second-order valence-corrected chi connectivity index (χ2v) is 3.63. The van der Waals surface area contributed by atoms with E-state index >= 15 is 0 Å². The summed E-state index contributed by atoms with van der Waals surface area (Å²) in [5.41, 5.74) is 0.814. The Balaban J connectivity index is 2.01. The van der Waals surface area contributed by atoms with E-state index < -0.39 is 0 Å². The summed E-state index contributed by atoms with van der Waals surface area (Å²) in [6, 6.07) is 5.54. The summed E-state index contributed by atoms with van der Waals surface area (Å²) in [5, 5.41) is 15.7. The van der Waals surface area contributed by atoms with Crippen LogP contribution in [0.2, 0.25) is 0 Å². The average molecular weight is 230 g/mol. The van der Waals surface area contributed by atoms with E-state index in [0.29, 0.717) is 30.6 Å². The first kappa shape index (κ1) is 9.95. The van der Waals surface area contributed by atoms with Gasteiger partial charge >= 0.3 is 0 Å². The third-order valence-electron chi connectivity index (χ3n) is 2.38. The summed E-state index contributed by atoms with van der Waals surface area (Å²) < 4.78 is 10.9. The summed E-state index contributed by atoms with van der Waals surface area (Å²) >= 11 is 0. The molecule has 1 aromatic heterocycles. The molecule has 0 spiro atoms. The van der Waals surface area contributed by atoms with Crippen molar-refractivity contribution < 1.29 is 9.47 Å². The van der Waals surface area contributed by atoms with E-state index in [0.717, 1.165) is 11.3 Å². The van der Waals surface area contributed by atoms with Crippen LogP contribution in [0.5, 0.6) is 11.5 Å². The fourth-order valence-electron chi connectivity index (χ4n) is 1.58. The van der Waals surface area contributed by atoms with Gasteiger partial charge in [-0.1, -0.05) is 0 Å². The fraction of sp³-hybridized carbons (Fsp3) is 0.273. The number of hydrogen-bond donors (Lipinski definition) is 0. The van der Waals surface area contributed by atoms with Crippen LogP contribution >= 0.6 is 0 Å². The minimum atomic E-state index is 0.479. The van der Waals surface area contributed by atoms with Crippen LogP contribution in [0.1, 0.15) is 5.82 Å². The summed E-state index contributed by atoms with van der Waals surface area (Å²) in [6.07, 6.45) is 0. The van der Waals surface area contributed by atoms with Crippen LogP contribution in [0, 0.1) is 6.92 Å². The van der Waals surface area contributed by atoms with Crippen molar-refractivity contribution in [2.24, 2.45) is 0 Å². The van der Waals surface area contributed by atoms with Gasteiger partial charge in [-0.25, -0.2) is 0 Å². The molecule has 1 aliphatic heterocycles. The highest BCUT2D eigenvalue weighted by molar-refractivity contribution is 5.60. The number of benzene rings is 1. The molecule has 6 heteroatoms. The average Bonchev–Trinajstić information content (AvgIpc) is 2.39. The van der Waals surface area contributed by atoms with Crippen LogP contribution in [0.4, 0.5) is 0 Å². The van der Waals surface area contributed by atoms with Gasteiger partial charge in [0.05, 0.1) is 0 Å². The maximum Gasteiger partial charge on any atom is 0.203 e. The topological polar surface area (TPSA) is 70.0 Å². The van der Waals surface area contributed by atoms with Gasteiger partial charge in [0.15, 0.2) is 17.3 Å². The first-order valence-corrected chi connectivity index (χ1v) is 5.27. The van der Waals surface area contributed by atoms with E-state index in [2.05, 4.69) is 20.4 Å². The highest BCUT2D eigenvalue weighted by Gasteiger charge is 2.13. The van der Waals surface area contributed by atoms with Crippen LogP contribution in [-0.4, -0.2) is 33.6 Å². The van der Waals surface area contributed by atoms with Crippen molar-refractivity contribution in [3.63, 3.8) is 0 Å². The van der Waals surface area contributed by atoms with Crippen molar-refractivity contribution in [1.82, 2.24) is 20.4 Å². The number of fused-ring (bicyclic) bond motifs is 1. The number of nitrogens with zero attached hydrogens (tertiary/aromatic N) is 4. The molecule has 0 amide bonds. The molecule has 0 saturated carbocycles. The Morgan fingerprint density at radius 2 is 1.65 bits per heavy atom. The molecule has 0 bridgehead atoms. The molecule has 2 heterocycles. The van der Waals surface area contributed by atoms with Crippen LogP contribution in [0.25, 0.3) is 11.4 Å². The standard InChI is InChI=1S/C11H10N4O2/c1-7-12-14-11(15-13-7)8-2-3-9-10(6-8)17-5-4-16-9/h2-3,6H,4-5H2,1H3. The summed E-state index contributed by atoms with van der Waals surface area (Å²) in [6.45, 7) is 2.88. The summed E-state index contributed by atoms with van der Waals surface area (Å²) in [4.78, 5) is 0. The van der Waals surface area contributed by atoms with Gasteiger partial charge < -0.3 is 9.47 Å². The van der Waals surface area contributed by atoms with Gasteiger partial charge in [0.25, 0.3) is 0 Å². The molecule has 6 nitrogen and oxygen atoms in total. The lowest BCUT2D eigenvalue weighted by Crippen LogP contribution is -2.15. The zero-order valence-electron chi connectivity index (χ0n) is 9.25. The third-order valence-corrected chi connectivity index (χ3v) is 2.38. The van der Waals surface area contributed by atoms with Crippen LogP contribution in [-0.2, 0) is 0 Å². The first-order valence-electron chi connectivity index (χ1n) is 5.27. The Hall–Kier alpha value is -2.24. The lowest BCUT2D eigenvalue weighted by Gasteiger charge is -2.18. The molecule has 2 aromatic rings. The van der Waals surface area contributed by atoms with Crippen LogP contribution in [0.15, 0.2) is 18.2 Å². The number of ether oxygens (including phenoxy) is 2. The number of aromatic nitrogens is 4. The summed E-state index contributed by atoms with van der Waals surface area (Å²) in [5.74, 6) is 2.48.